The number of para-hydroxylation sites is 1. The highest BCUT2D eigenvalue weighted by atomic mass is 16.5. The van der Waals surface area contributed by atoms with Gasteiger partial charge in [0.15, 0.2) is 11.9 Å². The predicted octanol–water partition coefficient (Wildman–Crippen LogP) is 3.08. The molecule has 7 N–H and O–H groups in total. The molecule has 1 heterocycles. The molecule has 9 nitrogen and oxygen atoms in total. The number of nitrogens with one attached hydrogen (secondary N) is 1. The van der Waals surface area contributed by atoms with Crippen molar-refractivity contribution in [3.63, 3.8) is 0 Å². The standard InChI is InChI=1S/C24H41N7O2/c25-22(26)28-15-9-3-1-2-4-10-16-31-17-11-5-6-12-18-33-21-14-8-7-13-20(21)19-29-23(27)30-24(31)32/h7-8,13-14H,1-6,9-12,15-19H2,(H4,25,26,28)(H3,27,29,30,32). The highest BCUT2D eigenvalue weighted by Crippen LogP contribution is 2.19. The van der Waals surface area contributed by atoms with E-state index in [1.807, 2.05) is 29.2 Å². The van der Waals surface area contributed by atoms with E-state index in [-0.39, 0.29) is 18.0 Å². The summed E-state index contributed by atoms with van der Waals surface area (Å²) < 4.78 is 5.93. The third-order valence-corrected chi connectivity index (χ3v) is 5.63. The molecule has 1 aliphatic heterocycles. The van der Waals surface area contributed by atoms with Gasteiger partial charge in [0.1, 0.15) is 5.75 Å². The molecule has 0 aliphatic carbocycles. The average Bonchev–Trinajstić information content (AvgIpc) is 2.79. The van der Waals surface area contributed by atoms with E-state index in [4.69, 9.17) is 21.9 Å². The van der Waals surface area contributed by atoms with E-state index in [0.717, 1.165) is 88.6 Å². The maximum Gasteiger partial charge on any atom is 0.324 e. The predicted molar refractivity (Wildman–Crippen MR) is 134 cm³/mol. The lowest BCUT2D eigenvalue weighted by Gasteiger charge is -2.23. The summed E-state index contributed by atoms with van der Waals surface area (Å²) in [5.74, 6) is 1.12. The molecule has 0 unspecified atom stereocenters. The van der Waals surface area contributed by atoms with E-state index < -0.39 is 0 Å². The molecule has 1 aliphatic rings. The van der Waals surface area contributed by atoms with Crippen molar-refractivity contribution >= 4 is 18.0 Å². The second-order valence-electron chi connectivity index (χ2n) is 8.42. The fourth-order valence-electron chi connectivity index (χ4n) is 3.76. The van der Waals surface area contributed by atoms with Gasteiger partial charge in [0.05, 0.1) is 13.2 Å². The molecule has 0 atom stereocenters. The van der Waals surface area contributed by atoms with E-state index in [2.05, 4.69) is 15.3 Å². The van der Waals surface area contributed by atoms with Gasteiger partial charge in [-0.15, -0.1) is 0 Å². The number of unbranched alkanes of at least 4 members (excludes halogenated alkanes) is 5. The lowest BCUT2D eigenvalue weighted by molar-refractivity contribution is 0.200. The Morgan fingerprint density at radius 1 is 1.03 bits per heavy atom. The Kier molecular flexibility index (Phi) is 12.6. The highest BCUT2D eigenvalue weighted by molar-refractivity contribution is 5.95. The van der Waals surface area contributed by atoms with Gasteiger partial charge in [0.2, 0.25) is 0 Å². The summed E-state index contributed by atoms with van der Waals surface area (Å²) in [6.45, 7) is 3.18. The van der Waals surface area contributed by atoms with E-state index in [9.17, 15) is 4.79 Å². The molecule has 0 saturated heterocycles. The fraction of sp³-hybridized carbons (Fsp3) is 0.625. The Labute approximate surface area is 197 Å². The second kappa shape index (κ2) is 15.8. The van der Waals surface area contributed by atoms with Gasteiger partial charge in [-0.2, -0.15) is 0 Å². The highest BCUT2D eigenvalue weighted by Gasteiger charge is 2.14. The Morgan fingerprint density at radius 2 is 1.76 bits per heavy atom. The van der Waals surface area contributed by atoms with Crippen molar-refractivity contribution < 1.29 is 9.53 Å². The number of hydrogen-bond donors (Lipinski definition) is 4. The number of ether oxygens (including phenoxy) is 1. The maximum atomic E-state index is 12.8. The van der Waals surface area contributed by atoms with Gasteiger partial charge in [-0.3, -0.25) is 10.3 Å². The molecule has 2 amide bonds. The number of urea groups is 1. The van der Waals surface area contributed by atoms with Gasteiger partial charge in [-0.1, -0.05) is 56.7 Å². The lowest BCUT2D eigenvalue weighted by atomic mass is 10.1. The molecule has 184 valence electrons. The van der Waals surface area contributed by atoms with Crippen LogP contribution in [0.2, 0.25) is 0 Å². The molecule has 1 aromatic carbocycles. The second-order valence-corrected chi connectivity index (χ2v) is 8.42. The minimum absolute atomic E-state index is 0.135. The smallest absolute Gasteiger partial charge is 0.324 e. The number of rotatable bonds is 9. The number of fused-ring (bicyclic) bond motifs is 1. The minimum atomic E-state index is -0.173. The minimum Gasteiger partial charge on any atom is -0.493 e. The Hall–Kier alpha value is -2.97. The molecule has 0 radical (unpaired) electrons. The molecule has 9 heteroatoms. The molecule has 2 rings (SSSR count). The summed E-state index contributed by atoms with van der Waals surface area (Å²) in [4.78, 5) is 23.0. The number of carbonyl (C=O) groups excluding carboxylic acids is 1. The van der Waals surface area contributed by atoms with Crippen LogP contribution in [0.15, 0.2) is 34.3 Å². The van der Waals surface area contributed by atoms with Crippen LogP contribution in [0.5, 0.6) is 5.75 Å². The van der Waals surface area contributed by atoms with Crippen molar-refractivity contribution in [3.8, 4) is 5.75 Å². The van der Waals surface area contributed by atoms with Crippen molar-refractivity contribution in [1.29, 1.82) is 0 Å². The van der Waals surface area contributed by atoms with E-state index >= 15 is 0 Å². The van der Waals surface area contributed by atoms with Gasteiger partial charge < -0.3 is 26.8 Å². The molecular formula is C24H41N7O2. The van der Waals surface area contributed by atoms with Crippen molar-refractivity contribution in [1.82, 2.24) is 10.2 Å². The average molecular weight is 460 g/mol. The van der Waals surface area contributed by atoms with Gasteiger partial charge in [-0.25, -0.2) is 9.79 Å². The van der Waals surface area contributed by atoms with Gasteiger partial charge in [0.25, 0.3) is 0 Å². The number of benzene rings is 1. The van der Waals surface area contributed by atoms with Crippen molar-refractivity contribution in [2.75, 3.05) is 26.2 Å². The number of carbonyl (C=O) groups is 1. The molecule has 0 spiro atoms. The number of guanidine groups is 2. The number of amides is 2. The van der Waals surface area contributed by atoms with Crippen LogP contribution in [0, 0.1) is 0 Å². The van der Waals surface area contributed by atoms with Gasteiger partial charge in [0, 0.05) is 25.2 Å². The summed E-state index contributed by atoms with van der Waals surface area (Å²) in [5.41, 5.74) is 17.6. The SMILES string of the molecule is NC(N)=NCCCCCCCCN1CCCCCCOc2ccccc2CN=C(N)NC1=O. The van der Waals surface area contributed by atoms with Crippen LogP contribution >= 0.6 is 0 Å². The quantitative estimate of drug-likeness (QED) is 0.255. The first-order valence-electron chi connectivity index (χ1n) is 12.2. The Bertz CT molecular complexity index is 763. The molecule has 0 bridgehead atoms. The monoisotopic (exact) mass is 459 g/mol. The van der Waals surface area contributed by atoms with Gasteiger partial charge >= 0.3 is 6.03 Å². The molecule has 1 aromatic rings. The van der Waals surface area contributed by atoms with Crippen LogP contribution in [0.1, 0.15) is 69.8 Å². The van der Waals surface area contributed by atoms with E-state index in [1.54, 1.807) is 0 Å². The molecule has 0 aromatic heterocycles. The third-order valence-electron chi connectivity index (χ3n) is 5.63. The van der Waals surface area contributed by atoms with Gasteiger partial charge in [-0.05, 0) is 31.7 Å². The Morgan fingerprint density at radius 3 is 2.58 bits per heavy atom. The number of hydrogen-bond acceptors (Lipinski definition) is 5. The largest absolute Gasteiger partial charge is 0.493 e. The molecular weight excluding hydrogens is 418 g/mol. The fourth-order valence-corrected chi connectivity index (χ4v) is 3.76. The van der Waals surface area contributed by atoms with Crippen LogP contribution in [-0.2, 0) is 6.54 Å². The zero-order chi connectivity index (χ0) is 23.7. The first-order chi connectivity index (χ1) is 16.1. The maximum absolute atomic E-state index is 12.8. The molecule has 0 fully saturated rings. The van der Waals surface area contributed by atoms with Crippen LogP contribution < -0.4 is 27.3 Å². The summed E-state index contributed by atoms with van der Waals surface area (Å²) in [6, 6.07) is 7.65. The van der Waals surface area contributed by atoms with Crippen molar-refractivity contribution in [3.05, 3.63) is 29.8 Å². The molecule has 33 heavy (non-hydrogen) atoms. The normalized spacial score (nSPS) is 15.8. The van der Waals surface area contributed by atoms with Crippen LogP contribution in [0.4, 0.5) is 4.79 Å². The van der Waals surface area contributed by atoms with Crippen LogP contribution in [0.25, 0.3) is 0 Å². The number of aliphatic imine (C=N–C) groups is 2. The number of nitrogens with zero attached hydrogens (tertiary/aromatic N) is 3. The zero-order valence-corrected chi connectivity index (χ0v) is 19.8. The third kappa shape index (κ3) is 11.5. The Balaban J connectivity index is 1.81. The molecule has 0 saturated carbocycles. The summed E-state index contributed by atoms with van der Waals surface area (Å²) in [5, 5.41) is 2.76. The van der Waals surface area contributed by atoms with Crippen LogP contribution in [-0.4, -0.2) is 49.1 Å². The first kappa shape index (κ1) is 26.3. The zero-order valence-electron chi connectivity index (χ0n) is 19.8. The first-order valence-corrected chi connectivity index (χ1v) is 12.2. The lowest BCUT2D eigenvalue weighted by Crippen LogP contribution is -2.46. The topological polar surface area (TPSA) is 144 Å². The summed E-state index contributed by atoms with van der Waals surface area (Å²) in [7, 11) is 0. The van der Waals surface area contributed by atoms with E-state index in [0.29, 0.717) is 19.7 Å². The summed E-state index contributed by atoms with van der Waals surface area (Å²) in [6.07, 6.45) is 10.6. The summed E-state index contributed by atoms with van der Waals surface area (Å²) >= 11 is 0. The van der Waals surface area contributed by atoms with E-state index in [1.165, 1.54) is 0 Å². The van der Waals surface area contributed by atoms with Crippen LogP contribution in [0.3, 0.4) is 0 Å². The van der Waals surface area contributed by atoms with Crippen molar-refractivity contribution in [2.45, 2.75) is 70.8 Å². The number of nitrogens with two attached hydrogens (primary N) is 3. The van der Waals surface area contributed by atoms with Crippen molar-refractivity contribution in [2.24, 2.45) is 27.2 Å².